The van der Waals surface area contributed by atoms with Crippen LogP contribution in [-0.2, 0) is 11.3 Å². The van der Waals surface area contributed by atoms with Gasteiger partial charge in [-0.1, -0.05) is 6.07 Å². The summed E-state index contributed by atoms with van der Waals surface area (Å²) in [7, 11) is 4.94. The van der Waals surface area contributed by atoms with E-state index in [1.54, 1.807) is 21.3 Å². The molecule has 7 heteroatoms. The summed E-state index contributed by atoms with van der Waals surface area (Å²) in [4.78, 5) is 16.8. The largest absolute Gasteiger partial charge is 0.493 e. The van der Waals surface area contributed by atoms with Gasteiger partial charge in [0.1, 0.15) is 0 Å². The first-order valence-electron chi connectivity index (χ1n) is 9.13. The zero-order valence-corrected chi connectivity index (χ0v) is 16.1. The molecule has 1 fully saturated rings. The van der Waals surface area contributed by atoms with Crippen LogP contribution in [0, 0.1) is 0 Å². The monoisotopic (exact) mass is 365 g/mol. The minimum atomic E-state index is -0.0153. The van der Waals surface area contributed by atoms with Crippen LogP contribution < -0.4 is 14.8 Å². The van der Waals surface area contributed by atoms with Crippen molar-refractivity contribution in [3.05, 3.63) is 23.8 Å². The second-order valence-corrected chi connectivity index (χ2v) is 6.38. The van der Waals surface area contributed by atoms with Crippen molar-refractivity contribution in [3.8, 4) is 11.5 Å². The van der Waals surface area contributed by atoms with Crippen LogP contribution in [0.3, 0.4) is 0 Å². The van der Waals surface area contributed by atoms with Crippen molar-refractivity contribution < 1.29 is 19.0 Å². The van der Waals surface area contributed by atoms with E-state index in [0.717, 1.165) is 57.7 Å². The molecule has 0 spiro atoms. The number of hydrogen-bond donors (Lipinski definition) is 1. The highest BCUT2D eigenvalue weighted by molar-refractivity contribution is 5.74. The van der Waals surface area contributed by atoms with Gasteiger partial charge in [0.05, 0.1) is 14.2 Å². The number of nitrogens with one attached hydrogen (secondary N) is 1. The lowest BCUT2D eigenvalue weighted by atomic mass is 10.2. The third kappa shape index (κ3) is 6.07. The molecule has 0 bridgehead atoms. The molecule has 2 rings (SSSR count). The highest BCUT2D eigenvalue weighted by Crippen LogP contribution is 2.27. The lowest BCUT2D eigenvalue weighted by molar-refractivity contribution is 0.171. The molecule has 1 aromatic rings. The molecule has 0 unspecified atom stereocenters. The van der Waals surface area contributed by atoms with Gasteiger partial charge < -0.3 is 29.3 Å². The highest BCUT2D eigenvalue weighted by Gasteiger charge is 2.18. The van der Waals surface area contributed by atoms with E-state index in [2.05, 4.69) is 10.2 Å². The van der Waals surface area contributed by atoms with Crippen LogP contribution in [0.15, 0.2) is 18.2 Å². The Bertz CT molecular complexity index is 568. The van der Waals surface area contributed by atoms with Crippen LogP contribution >= 0.6 is 0 Å². The van der Waals surface area contributed by atoms with Gasteiger partial charge in [-0.05, 0) is 37.1 Å². The Morgan fingerprint density at radius 2 is 1.88 bits per heavy atom. The molecular weight excluding hydrogens is 334 g/mol. The van der Waals surface area contributed by atoms with E-state index in [9.17, 15) is 4.79 Å². The van der Waals surface area contributed by atoms with E-state index < -0.39 is 0 Å². The van der Waals surface area contributed by atoms with Crippen LogP contribution in [0.4, 0.5) is 4.79 Å². The standard InChI is InChI=1S/C19H31N3O4/c1-24-13-5-9-21-8-4-10-22(12-11-21)19(23)20-15-16-6-7-17(25-2)18(14-16)26-3/h6-7,14H,4-5,8-13,15H2,1-3H3,(H,20,23). The van der Waals surface area contributed by atoms with E-state index in [1.807, 2.05) is 23.1 Å². The molecule has 7 nitrogen and oxygen atoms in total. The SMILES string of the molecule is COCCCN1CCCN(C(=O)NCc2ccc(OC)c(OC)c2)CC1. The average molecular weight is 365 g/mol. The summed E-state index contributed by atoms with van der Waals surface area (Å²) in [5.74, 6) is 1.35. The third-order valence-electron chi connectivity index (χ3n) is 4.59. The molecule has 1 aromatic carbocycles. The summed E-state index contributed by atoms with van der Waals surface area (Å²) in [6, 6.07) is 5.66. The second-order valence-electron chi connectivity index (χ2n) is 6.38. The second kappa shape index (κ2) is 10.9. The lowest BCUT2D eigenvalue weighted by Crippen LogP contribution is -2.41. The lowest BCUT2D eigenvalue weighted by Gasteiger charge is -2.22. The summed E-state index contributed by atoms with van der Waals surface area (Å²) in [6.45, 7) is 5.76. The predicted octanol–water partition coefficient (Wildman–Crippen LogP) is 1.96. The molecule has 1 heterocycles. The zero-order chi connectivity index (χ0) is 18.8. The summed E-state index contributed by atoms with van der Waals surface area (Å²) >= 11 is 0. The Balaban J connectivity index is 1.80. The van der Waals surface area contributed by atoms with Gasteiger partial charge in [-0.15, -0.1) is 0 Å². The van der Waals surface area contributed by atoms with Gasteiger partial charge in [-0.2, -0.15) is 0 Å². The molecule has 0 saturated carbocycles. The number of amides is 2. The predicted molar refractivity (Wildman–Crippen MR) is 101 cm³/mol. The number of ether oxygens (including phenoxy) is 3. The van der Waals surface area contributed by atoms with Crippen LogP contribution in [0.2, 0.25) is 0 Å². The number of hydrogen-bond acceptors (Lipinski definition) is 5. The first kappa shape index (κ1) is 20.3. The van der Waals surface area contributed by atoms with E-state index >= 15 is 0 Å². The van der Waals surface area contributed by atoms with Crippen molar-refractivity contribution in [1.29, 1.82) is 0 Å². The Labute approximate surface area is 156 Å². The van der Waals surface area contributed by atoms with Crippen molar-refractivity contribution >= 4 is 6.03 Å². The van der Waals surface area contributed by atoms with Crippen LogP contribution in [-0.4, -0.2) is 76.5 Å². The van der Waals surface area contributed by atoms with Crippen molar-refractivity contribution in [3.63, 3.8) is 0 Å². The van der Waals surface area contributed by atoms with Crippen molar-refractivity contribution in [2.45, 2.75) is 19.4 Å². The fourth-order valence-electron chi connectivity index (χ4n) is 3.11. The quantitative estimate of drug-likeness (QED) is 0.714. The molecule has 0 atom stereocenters. The fourth-order valence-corrected chi connectivity index (χ4v) is 3.11. The molecule has 1 saturated heterocycles. The van der Waals surface area contributed by atoms with Crippen LogP contribution in [0.1, 0.15) is 18.4 Å². The minimum absolute atomic E-state index is 0.0153. The minimum Gasteiger partial charge on any atom is -0.493 e. The Morgan fingerprint density at radius 3 is 2.62 bits per heavy atom. The molecule has 0 aliphatic carbocycles. The van der Waals surface area contributed by atoms with Gasteiger partial charge in [0.15, 0.2) is 11.5 Å². The number of urea groups is 1. The molecule has 2 amide bonds. The first-order chi connectivity index (χ1) is 12.7. The van der Waals surface area contributed by atoms with Gasteiger partial charge in [0, 0.05) is 46.4 Å². The molecule has 1 aliphatic heterocycles. The Morgan fingerprint density at radius 1 is 1.08 bits per heavy atom. The number of rotatable bonds is 8. The number of methoxy groups -OCH3 is 3. The zero-order valence-electron chi connectivity index (χ0n) is 16.1. The summed E-state index contributed by atoms with van der Waals surface area (Å²) in [6.07, 6.45) is 2.03. The fraction of sp³-hybridized carbons (Fsp3) is 0.632. The Kier molecular flexibility index (Phi) is 8.50. The number of benzene rings is 1. The van der Waals surface area contributed by atoms with Crippen molar-refractivity contribution in [1.82, 2.24) is 15.1 Å². The molecule has 1 aliphatic rings. The van der Waals surface area contributed by atoms with E-state index in [1.165, 1.54) is 0 Å². The average Bonchev–Trinajstić information content (AvgIpc) is 2.92. The van der Waals surface area contributed by atoms with Crippen molar-refractivity contribution in [2.75, 3.05) is 60.7 Å². The number of carbonyl (C=O) groups is 1. The van der Waals surface area contributed by atoms with Gasteiger partial charge in [0.25, 0.3) is 0 Å². The normalized spacial score (nSPS) is 15.4. The van der Waals surface area contributed by atoms with Crippen LogP contribution in [0.25, 0.3) is 0 Å². The Hall–Kier alpha value is -1.99. The van der Waals surface area contributed by atoms with Crippen molar-refractivity contribution in [2.24, 2.45) is 0 Å². The summed E-state index contributed by atoms with van der Waals surface area (Å²) in [5.41, 5.74) is 0.979. The van der Waals surface area contributed by atoms with E-state index in [0.29, 0.717) is 18.0 Å². The maximum atomic E-state index is 12.5. The molecular formula is C19H31N3O4. The number of nitrogens with zero attached hydrogens (tertiary/aromatic N) is 2. The van der Waals surface area contributed by atoms with E-state index in [-0.39, 0.29) is 6.03 Å². The van der Waals surface area contributed by atoms with Gasteiger partial charge in [-0.3, -0.25) is 0 Å². The molecule has 26 heavy (non-hydrogen) atoms. The smallest absolute Gasteiger partial charge is 0.317 e. The van der Waals surface area contributed by atoms with Gasteiger partial charge >= 0.3 is 6.03 Å². The van der Waals surface area contributed by atoms with Crippen LogP contribution in [0.5, 0.6) is 11.5 Å². The van der Waals surface area contributed by atoms with E-state index in [4.69, 9.17) is 14.2 Å². The topological polar surface area (TPSA) is 63.3 Å². The van der Waals surface area contributed by atoms with Gasteiger partial charge in [-0.25, -0.2) is 4.79 Å². The molecule has 1 N–H and O–H groups in total. The van der Waals surface area contributed by atoms with Gasteiger partial charge in [0.2, 0.25) is 0 Å². The number of carbonyl (C=O) groups excluding carboxylic acids is 1. The molecule has 146 valence electrons. The first-order valence-corrected chi connectivity index (χ1v) is 9.13. The maximum absolute atomic E-state index is 12.5. The summed E-state index contributed by atoms with van der Waals surface area (Å²) < 4.78 is 15.7. The molecule has 0 aromatic heterocycles. The molecule has 0 radical (unpaired) electrons. The highest BCUT2D eigenvalue weighted by atomic mass is 16.5. The third-order valence-corrected chi connectivity index (χ3v) is 4.59. The maximum Gasteiger partial charge on any atom is 0.317 e. The summed E-state index contributed by atoms with van der Waals surface area (Å²) in [5, 5.41) is 3.00.